The van der Waals surface area contributed by atoms with Gasteiger partial charge in [0.1, 0.15) is 6.10 Å². The van der Waals surface area contributed by atoms with Crippen molar-refractivity contribution in [2.24, 2.45) is 5.73 Å². The first-order chi connectivity index (χ1) is 6.24. The number of hydrogen-bond acceptors (Lipinski definition) is 3. The summed E-state index contributed by atoms with van der Waals surface area (Å²) in [6.07, 6.45) is 2.92. The van der Waals surface area contributed by atoms with Crippen molar-refractivity contribution in [2.45, 2.75) is 45.0 Å². The number of rotatable bonds is 4. The van der Waals surface area contributed by atoms with Gasteiger partial charge in [0.15, 0.2) is 6.29 Å². The maximum atomic E-state index is 10.8. The standard InChI is InChI=1S/C9H17NO3/c1-2-7(9(10)11)13-8-5-3-4-6-12-8/h7-8H,2-6H2,1H3,(H2,10,11)/t7?,8-/m1/s1. The van der Waals surface area contributed by atoms with Gasteiger partial charge in [0.25, 0.3) is 0 Å². The maximum Gasteiger partial charge on any atom is 0.246 e. The van der Waals surface area contributed by atoms with Crippen LogP contribution in [0.2, 0.25) is 0 Å². The van der Waals surface area contributed by atoms with Crippen LogP contribution in [0, 0.1) is 0 Å². The Morgan fingerprint density at radius 1 is 1.69 bits per heavy atom. The fourth-order valence-corrected chi connectivity index (χ4v) is 1.37. The molecule has 4 nitrogen and oxygen atoms in total. The van der Waals surface area contributed by atoms with Gasteiger partial charge in [-0.05, 0) is 25.7 Å². The molecule has 0 saturated carbocycles. The van der Waals surface area contributed by atoms with Crippen LogP contribution in [0.1, 0.15) is 32.6 Å². The van der Waals surface area contributed by atoms with Crippen molar-refractivity contribution in [3.8, 4) is 0 Å². The molecule has 0 aromatic rings. The van der Waals surface area contributed by atoms with E-state index in [1.165, 1.54) is 0 Å². The summed E-state index contributed by atoms with van der Waals surface area (Å²) in [6, 6.07) is 0. The van der Waals surface area contributed by atoms with Gasteiger partial charge in [-0.1, -0.05) is 6.92 Å². The van der Waals surface area contributed by atoms with Gasteiger partial charge in [-0.3, -0.25) is 4.79 Å². The molecule has 0 aliphatic carbocycles. The summed E-state index contributed by atoms with van der Waals surface area (Å²) in [6.45, 7) is 2.60. The molecule has 2 N–H and O–H groups in total. The van der Waals surface area contributed by atoms with Crippen molar-refractivity contribution in [3.63, 3.8) is 0 Å². The average Bonchev–Trinajstić information content (AvgIpc) is 2.15. The molecule has 76 valence electrons. The molecule has 4 heteroatoms. The molecule has 1 fully saturated rings. The molecule has 1 unspecified atom stereocenters. The molecule has 0 aromatic carbocycles. The number of hydrogen-bond donors (Lipinski definition) is 1. The molecular formula is C9H17NO3. The van der Waals surface area contributed by atoms with E-state index in [2.05, 4.69) is 0 Å². The minimum Gasteiger partial charge on any atom is -0.367 e. The first-order valence-corrected chi connectivity index (χ1v) is 4.80. The summed E-state index contributed by atoms with van der Waals surface area (Å²) < 4.78 is 10.7. The van der Waals surface area contributed by atoms with Crippen LogP contribution in [0.15, 0.2) is 0 Å². The van der Waals surface area contributed by atoms with Crippen molar-refractivity contribution >= 4 is 5.91 Å². The van der Waals surface area contributed by atoms with E-state index in [4.69, 9.17) is 15.2 Å². The Labute approximate surface area is 78.4 Å². The zero-order chi connectivity index (χ0) is 9.68. The second kappa shape index (κ2) is 5.19. The van der Waals surface area contributed by atoms with Crippen LogP contribution in [0.3, 0.4) is 0 Å². The summed E-state index contributed by atoms with van der Waals surface area (Å²) in [5, 5.41) is 0. The van der Waals surface area contributed by atoms with Crippen molar-refractivity contribution in [2.75, 3.05) is 6.61 Å². The van der Waals surface area contributed by atoms with Gasteiger partial charge in [-0.2, -0.15) is 0 Å². The number of carbonyl (C=O) groups is 1. The zero-order valence-corrected chi connectivity index (χ0v) is 7.99. The molecule has 1 saturated heterocycles. The van der Waals surface area contributed by atoms with Crippen molar-refractivity contribution < 1.29 is 14.3 Å². The lowest BCUT2D eigenvalue weighted by atomic mass is 10.2. The predicted molar refractivity (Wildman–Crippen MR) is 47.9 cm³/mol. The largest absolute Gasteiger partial charge is 0.367 e. The topological polar surface area (TPSA) is 61.6 Å². The number of amides is 1. The summed E-state index contributed by atoms with van der Waals surface area (Å²) >= 11 is 0. The van der Waals surface area contributed by atoms with Crippen LogP contribution in [-0.4, -0.2) is 24.9 Å². The lowest BCUT2D eigenvalue weighted by Gasteiger charge is -2.25. The lowest BCUT2D eigenvalue weighted by molar-refractivity contribution is -0.191. The highest BCUT2D eigenvalue weighted by molar-refractivity contribution is 5.78. The molecule has 1 rings (SSSR count). The van der Waals surface area contributed by atoms with E-state index >= 15 is 0 Å². The van der Waals surface area contributed by atoms with Crippen LogP contribution in [-0.2, 0) is 14.3 Å². The Hall–Kier alpha value is -0.610. The molecule has 1 heterocycles. The van der Waals surface area contributed by atoms with Gasteiger partial charge in [0.2, 0.25) is 5.91 Å². The number of ether oxygens (including phenoxy) is 2. The molecule has 0 radical (unpaired) electrons. The van der Waals surface area contributed by atoms with E-state index in [0.717, 1.165) is 25.9 Å². The zero-order valence-electron chi connectivity index (χ0n) is 7.99. The Balaban J connectivity index is 2.31. The van der Waals surface area contributed by atoms with E-state index in [9.17, 15) is 4.79 Å². The monoisotopic (exact) mass is 187 g/mol. The highest BCUT2D eigenvalue weighted by Crippen LogP contribution is 2.16. The van der Waals surface area contributed by atoms with E-state index in [-0.39, 0.29) is 6.29 Å². The molecule has 1 aliphatic rings. The van der Waals surface area contributed by atoms with Gasteiger partial charge in [0, 0.05) is 6.61 Å². The van der Waals surface area contributed by atoms with Crippen molar-refractivity contribution in [3.05, 3.63) is 0 Å². The minimum absolute atomic E-state index is 0.230. The van der Waals surface area contributed by atoms with Crippen LogP contribution >= 0.6 is 0 Å². The molecule has 0 spiro atoms. The van der Waals surface area contributed by atoms with Gasteiger partial charge < -0.3 is 15.2 Å². The maximum absolute atomic E-state index is 10.8. The smallest absolute Gasteiger partial charge is 0.246 e. The molecule has 0 bridgehead atoms. The SMILES string of the molecule is CCC(O[C@@H]1CCCCO1)C(N)=O. The first-order valence-electron chi connectivity index (χ1n) is 4.80. The van der Waals surface area contributed by atoms with Crippen molar-refractivity contribution in [1.29, 1.82) is 0 Å². The third kappa shape index (κ3) is 3.32. The Morgan fingerprint density at radius 2 is 2.46 bits per heavy atom. The molecular weight excluding hydrogens is 170 g/mol. The Morgan fingerprint density at radius 3 is 2.92 bits per heavy atom. The fraction of sp³-hybridized carbons (Fsp3) is 0.889. The molecule has 1 aliphatic heterocycles. The van der Waals surface area contributed by atoms with Crippen molar-refractivity contribution in [1.82, 2.24) is 0 Å². The van der Waals surface area contributed by atoms with E-state index in [1.54, 1.807) is 0 Å². The van der Waals surface area contributed by atoms with E-state index in [1.807, 2.05) is 6.92 Å². The average molecular weight is 187 g/mol. The number of carbonyl (C=O) groups excluding carboxylic acids is 1. The van der Waals surface area contributed by atoms with Gasteiger partial charge >= 0.3 is 0 Å². The third-order valence-electron chi connectivity index (χ3n) is 2.14. The van der Waals surface area contributed by atoms with Crippen LogP contribution < -0.4 is 5.73 Å². The molecule has 13 heavy (non-hydrogen) atoms. The van der Waals surface area contributed by atoms with Gasteiger partial charge in [-0.15, -0.1) is 0 Å². The second-order valence-electron chi connectivity index (χ2n) is 3.23. The van der Waals surface area contributed by atoms with Gasteiger partial charge in [0.05, 0.1) is 0 Å². The normalized spacial score (nSPS) is 25.5. The minimum atomic E-state index is -0.497. The van der Waals surface area contributed by atoms with Crippen LogP contribution in [0.5, 0.6) is 0 Å². The fourth-order valence-electron chi connectivity index (χ4n) is 1.37. The van der Waals surface area contributed by atoms with Crippen LogP contribution in [0.4, 0.5) is 0 Å². The predicted octanol–water partition coefficient (Wildman–Crippen LogP) is 0.793. The number of primary amides is 1. The summed E-state index contributed by atoms with van der Waals surface area (Å²) in [4.78, 5) is 10.8. The quantitative estimate of drug-likeness (QED) is 0.708. The van der Waals surface area contributed by atoms with E-state index < -0.39 is 12.0 Å². The first kappa shape index (κ1) is 10.5. The molecule has 1 amide bonds. The third-order valence-corrected chi connectivity index (χ3v) is 2.14. The summed E-state index contributed by atoms with van der Waals surface area (Å²) in [5.41, 5.74) is 5.14. The molecule has 2 atom stereocenters. The van der Waals surface area contributed by atoms with Crippen LogP contribution in [0.25, 0.3) is 0 Å². The number of nitrogens with two attached hydrogens (primary N) is 1. The second-order valence-corrected chi connectivity index (χ2v) is 3.23. The lowest BCUT2D eigenvalue weighted by Crippen LogP contribution is -2.36. The highest BCUT2D eigenvalue weighted by Gasteiger charge is 2.21. The summed E-state index contributed by atoms with van der Waals surface area (Å²) in [7, 11) is 0. The summed E-state index contributed by atoms with van der Waals surface area (Å²) in [5.74, 6) is -0.406. The highest BCUT2D eigenvalue weighted by atomic mass is 16.7. The van der Waals surface area contributed by atoms with Gasteiger partial charge in [-0.25, -0.2) is 0 Å². The van der Waals surface area contributed by atoms with E-state index in [0.29, 0.717) is 6.42 Å². The molecule has 0 aromatic heterocycles. The Bertz CT molecular complexity index is 166. The Kier molecular flexibility index (Phi) is 4.18.